The van der Waals surface area contributed by atoms with Crippen molar-refractivity contribution in [2.45, 2.75) is 45.2 Å². The van der Waals surface area contributed by atoms with E-state index in [-0.39, 0.29) is 0 Å². The molecule has 1 fully saturated rings. The van der Waals surface area contributed by atoms with E-state index in [1.807, 2.05) is 18.3 Å². The number of nitrogens with zero attached hydrogens (tertiary/aromatic N) is 2. The number of halogens is 1. The van der Waals surface area contributed by atoms with Crippen molar-refractivity contribution >= 4 is 17.4 Å². The van der Waals surface area contributed by atoms with E-state index in [4.69, 9.17) is 11.6 Å². The van der Waals surface area contributed by atoms with Crippen molar-refractivity contribution in [1.29, 1.82) is 0 Å². The third-order valence-electron chi connectivity index (χ3n) is 3.46. The first-order chi connectivity index (χ1) is 8.68. The van der Waals surface area contributed by atoms with Crippen LogP contribution >= 0.6 is 11.6 Å². The Balaban J connectivity index is 2.10. The van der Waals surface area contributed by atoms with Crippen LogP contribution in [-0.2, 0) is 0 Å². The first kappa shape index (κ1) is 13.6. The molecule has 1 atom stereocenters. The summed E-state index contributed by atoms with van der Waals surface area (Å²) in [7, 11) is 0. The average molecular weight is 268 g/mol. The van der Waals surface area contributed by atoms with Gasteiger partial charge in [0.1, 0.15) is 5.82 Å². The van der Waals surface area contributed by atoms with Gasteiger partial charge in [0.2, 0.25) is 0 Å². The molecule has 0 amide bonds. The van der Waals surface area contributed by atoms with E-state index in [2.05, 4.69) is 29.0 Å². The predicted octanol–water partition coefficient (Wildman–Crippen LogP) is 3.09. The maximum atomic E-state index is 6.26. The summed E-state index contributed by atoms with van der Waals surface area (Å²) in [5.41, 5.74) is 0. The topological polar surface area (TPSA) is 28.2 Å². The molecule has 0 aromatic carbocycles. The zero-order valence-electron chi connectivity index (χ0n) is 11.2. The highest BCUT2D eigenvalue weighted by atomic mass is 35.5. The predicted molar refractivity (Wildman–Crippen MR) is 77.4 cm³/mol. The number of aromatic nitrogens is 1. The summed E-state index contributed by atoms with van der Waals surface area (Å²) in [5.74, 6) is 0.904. The zero-order valence-corrected chi connectivity index (χ0v) is 12.0. The number of piperidine rings is 1. The van der Waals surface area contributed by atoms with Gasteiger partial charge >= 0.3 is 0 Å². The molecule has 0 bridgehead atoms. The van der Waals surface area contributed by atoms with Crippen LogP contribution in [0.15, 0.2) is 18.3 Å². The van der Waals surface area contributed by atoms with Gasteiger partial charge in [-0.2, -0.15) is 0 Å². The minimum atomic E-state index is 0.404. The lowest BCUT2D eigenvalue weighted by Crippen LogP contribution is -2.46. The first-order valence-corrected chi connectivity index (χ1v) is 7.17. The molecule has 0 saturated carbocycles. The third kappa shape index (κ3) is 3.36. The van der Waals surface area contributed by atoms with Gasteiger partial charge in [-0.15, -0.1) is 0 Å². The van der Waals surface area contributed by atoms with Crippen molar-refractivity contribution in [3.63, 3.8) is 0 Å². The van der Waals surface area contributed by atoms with Gasteiger partial charge in [0.15, 0.2) is 0 Å². The summed E-state index contributed by atoms with van der Waals surface area (Å²) in [4.78, 5) is 6.73. The summed E-state index contributed by atoms with van der Waals surface area (Å²) < 4.78 is 0. The molecule has 1 aromatic heterocycles. The highest BCUT2D eigenvalue weighted by Gasteiger charge is 2.21. The van der Waals surface area contributed by atoms with Gasteiger partial charge in [-0.3, -0.25) is 0 Å². The summed E-state index contributed by atoms with van der Waals surface area (Å²) in [6, 6.07) is 4.75. The second kappa shape index (κ2) is 6.39. The van der Waals surface area contributed by atoms with Gasteiger partial charge in [0, 0.05) is 24.8 Å². The van der Waals surface area contributed by atoms with Gasteiger partial charge in [0.25, 0.3) is 0 Å². The fourth-order valence-corrected chi connectivity index (χ4v) is 2.68. The number of hydrogen-bond donors (Lipinski definition) is 1. The quantitative estimate of drug-likeness (QED) is 0.909. The van der Waals surface area contributed by atoms with E-state index in [0.29, 0.717) is 12.1 Å². The molecule has 1 aliphatic heterocycles. The fraction of sp³-hybridized carbons (Fsp3) is 0.643. The van der Waals surface area contributed by atoms with E-state index in [9.17, 15) is 0 Å². The normalized spacial score (nSPS) is 20.1. The molecule has 1 saturated heterocycles. The van der Waals surface area contributed by atoms with Crippen LogP contribution in [0.2, 0.25) is 5.02 Å². The number of nitrogens with one attached hydrogen (secondary N) is 1. The number of hydrogen-bond acceptors (Lipinski definition) is 3. The van der Waals surface area contributed by atoms with Crippen molar-refractivity contribution < 1.29 is 0 Å². The van der Waals surface area contributed by atoms with E-state index >= 15 is 0 Å². The smallest absolute Gasteiger partial charge is 0.147 e. The SMILES string of the molecule is CC(C)N(CC1CCCCN1)c1ncccc1Cl. The lowest BCUT2D eigenvalue weighted by atomic mass is 10.0. The van der Waals surface area contributed by atoms with E-state index in [1.54, 1.807) is 0 Å². The second-order valence-electron chi connectivity index (χ2n) is 5.20. The lowest BCUT2D eigenvalue weighted by Gasteiger charge is -2.34. The van der Waals surface area contributed by atoms with Crippen LogP contribution in [0.5, 0.6) is 0 Å². The number of rotatable bonds is 4. The van der Waals surface area contributed by atoms with Crippen molar-refractivity contribution in [3.05, 3.63) is 23.4 Å². The van der Waals surface area contributed by atoms with Crippen LogP contribution in [0.3, 0.4) is 0 Å². The summed E-state index contributed by atoms with van der Waals surface area (Å²) in [6.07, 6.45) is 5.67. The van der Waals surface area contributed by atoms with Crippen LogP contribution in [0.1, 0.15) is 33.1 Å². The summed E-state index contributed by atoms with van der Waals surface area (Å²) in [5, 5.41) is 4.32. The molecular weight excluding hydrogens is 246 g/mol. The summed E-state index contributed by atoms with van der Waals surface area (Å²) in [6.45, 7) is 6.49. The van der Waals surface area contributed by atoms with Crippen molar-refractivity contribution in [3.8, 4) is 0 Å². The molecule has 1 aromatic rings. The molecule has 0 radical (unpaired) electrons. The van der Waals surface area contributed by atoms with Gasteiger partial charge in [-0.25, -0.2) is 4.98 Å². The largest absolute Gasteiger partial charge is 0.351 e. The molecule has 1 N–H and O–H groups in total. The molecule has 2 rings (SSSR count). The molecule has 0 spiro atoms. The highest BCUT2D eigenvalue weighted by molar-refractivity contribution is 6.32. The lowest BCUT2D eigenvalue weighted by molar-refractivity contribution is 0.392. The maximum Gasteiger partial charge on any atom is 0.147 e. The second-order valence-corrected chi connectivity index (χ2v) is 5.61. The van der Waals surface area contributed by atoms with Gasteiger partial charge in [0.05, 0.1) is 5.02 Å². The van der Waals surface area contributed by atoms with E-state index in [0.717, 1.165) is 23.9 Å². The van der Waals surface area contributed by atoms with Gasteiger partial charge < -0.3 is 10.2 Å². The molecule has 1 aliphatic rings. The molecule has 3 nitrogen and oxygen atoms in total. The Morgan fingerprint density at radius 2 is 2.33 bits per heavy atom. The molecule has 1 unspecified atom stereocenters. The molecule has 18 heavy (non-hydrogen) atoms. The highest BCUT2D eigenvalue weighted by Crippen LogP contribution is 2.25. The van der Waals surface area contributed by atoms with Crippen LogP contribution < -0.4 is 10.2 Å². The van der Waals surface area contributed by atoms with Crippen molar-refractivity contribution in [1.82, 2.24) is 10.3 Å². The van der Waals surface area contributed by atoms with E-state index < -0.39 is 0 Å². The molecular formula is C14H22ClN3. The molecule has 2 heterocycles. The molecule has 0 aliphatic carbocycles. The minimum absolute atomic E-state index is 0.404. The summed E-state index contributed by atoms with van der Waals surface area (Å²) >= 11 is 6.26. The monoisotopic (exact) mass is 267 g/mol. The van der Waals surface area contributed by atoms with Crippen molar-refractivity contribution in [2.24, 2.45) is 0 Å². The van der Waals surface area contributed by atoms with Crippen LogP contribution in [-0.4, -0.2) is 30.2 Å². The Kier molecular flexibility index (Phi) is 4.84. The Bertz CT molecular complexity index is 375. The average Bonchev–Trinajstić information content (AvgIpc) is 2.38. The third-order valence-corrected chi connectivity index (χ3v) is 3.76. The van der Waals surface area contributed by atoms with Gasteiger partial charge in [-0.05, 0) is 45.4 Å². The standard InChI is InChI=1S/C14H22ClN3/c1-11(2)18(10-12-6-3-4-8-16-12)14-13(15)7-5-9-17-14/h5,7,9,11-12,16H,3-4,6,8,10H2,1-2H3. The Hall–Kier alpha value is -0.800. The number of anilines is 1. The van der Waals surface area contributed by atoms with Crippen LogP contribution in [0.25, 0.3) is 0 Å². The Morgan fingerprint density at radius 1 is 1.50 bits per heavy atom. The van der Waals surface area contributed by atoms with Crippen molar-refractivity contribution in [2.75, 3.05) is 18.0 Å². The van der Waals surface area contributed by atoms with Crippen LogP contribution in [0, 0.1) is 0 Å². The maximum absolute atomic E-state index is 6.26. The minimum Gasteiger partial charge on any atom is -0.351 e. The van der Waals surface area contributed by atoms with Gasteiger partial charge in [-0.1, -0.05) is 18.0 Å². The zero-order chi connectivity index (χ0) is 13.0. The van der Waals surface area contributed by atoms with E-state index in [1.165, 1.54) is 19.3 Å². The fourth-order valence-electron chi connectivity index (χ4n) is 2.45. The molecule has 4 heteroatoms. The first-order valence-electron chi connectivity index (χ1n) is 6.79. The number of pyridine rings is 1. The molecule has 100 valence electrons. The van der Waals surface area contributed by atoms with Crippen LogP contribution in [0.4, 0.5) is 5.82 Å². The Labute approximate surface area is 115 Å². The Morgan fingerprint density at radius 3 is 2.94 bits per heavy atom.